The molecule has 0 N–H and O–H groups in total. The molecule has 4 nitrogen and oxygen atoms in total. The monoisotopic (exact) mass is 295 g/mol. The molecule has 0 unspecified atom stereocenters. The molecular weight excluding hydrogens is 282 g/mol. The van der Waals surface area contributed by atoms with Gasteiger partial charge in [-0.3, -0.25) is 4.68 Å². The van der Waals surface area contributed by atoms with Gasteiger partial charge in [-0.2, -0.15) is 5.10 Å². The van der Waals surface area contributed by atoms with Gasteiger partial charge in [-0.25, -0.2) is 4.98 Å². The minimum absolute atomic E-state index is 0.628. The number of pyridine rings is 1. The average molecular weight is 296 g/mol. The summed E-state index contributed by atoms with van der Waals surface area (Å²) >= 11 is 3.51. The Hall–Kier alpha value is -1.36. The summed E-state index contributed by atoms with van der Waals surface area (Å²) in [6, 6.07) is 5.73. The zero-order valence-electron chi connectivity index (χ0n) is 10.1. The number of rotatable bonds is 3. The van der Waals surface area contributed by atoms with Crippen molar-refractivity contribution in [3.8, 4) is 5.88 Å². The zero-order valence-corrected chi connectivity index (χ0v) is 11.7. The standard InChI is InChI=1S/C12H14BrN3O/c1-8-12(13)9(2)16(15-8)7-10-5-4-6-11(14-10)17-3/h4-6H,7H2,1-3H3. The fourth-order valence-electron chi connectivity index (χ4n) is 1.64. The average Bonchev–Trinajstić information content (AvgIpc) is 2.57. The second kappa shape index (κ2) is 4.87. The molecule has 0 saturated heterocycles. The van der Waals surface area contributed by atoms with Crippen molar-refractivity contribution in [2.75, 3.05) is 7.11 Å². The molecule has 2 heterocycles. The van der Waals surface area contributed by atoms with E-state index in [1.807, 2.05) is 36.7 Å². The highest BCUT2D eigenvalue weighted by Gasteiger charge is 2.09. The Morgan fingerprint density at radius 3 is 2.71 bits per heavy atom. The first kappa shape index (κ1) is 12.1. The topological polar surface area (TPSA) is 39.9 Å². The van der Waals surface area contributed by atoms with E-state index in [1.165, 1.54) is 0 Å². The quantitative estimate of drug-likeness (QED) is 0.874. The third kappa shape index (κ3) is 2.49. The van der Waals surface area contributed by atoms with Crippen LogP contribution in [0.25, 0.3) is 0 Å². The van der Waals surface area contributed by atoms with Crippen LogP contribution < -0.4 is 4.74 Å². The lowest BCUT2D eigenvalue weighted by molar-refractivity contribution is 0.395. The van der Waals surface area contributed by atoms with Gasteiger partial charge >= 0.3 is 0 Å². The molecule has 0 aromatic carbocycles. The predicted molar refractivity (Wildman–Crippen MR) is 69.3 cm³/mol. The number of aryl methyl sites for hydroxylation is 1. The van der Waals surface area contributed by atoms with E-state index >= 15 is 0 Å². The van der Waals surface area contributed by atoms with Gasteiger partial charge in [0, 0.05) is 6.07 Å². The van der Waals surface area contributed by atoms with Crippen LogP contribution in [0.1, 0.15) is 17.1 Å². The summed E-state index contributed by atoms with van der Waals surface area (Å²) in [6.07, 6.45) is 0. The van der Waals surface area contributed by atoms with E-state index < -0.39 is 0 Å². The number of hydrogen-bond acceptors (Lipinski definition) is 3. The van der Waals surface area contributed by atoms with Crippen LogP contribution in [0.3, 0.4) is 0 Å². The molecule has 0 atom stereocenters. The molecule has 0 spiro atoms. The van der Waals surface area contributed by atoms with E-state index in [4.69, 9.17) is 4.74 Å². The van der Waals surface area contributed by atoms with E-state index in [1.54, 1.807) is 7.11 Å². The maximum absolute atomic E-state index is 5.10. The van der Waals surface area contributed by atoms with Crippen molar-refractivity contribution < 1.29 is 4.74 Å². The summed E-state index contributed by atoms with van der Waals surface area (Å²) in [5.74, 6) is 0.628. The molecule has 0 radical (unpaired) electrons. The van der Waals surface area contributed by atoms with Gasteiger partial charge < -0.3 is 4.74 Å². The van der Waals surface area contributed by atoms with Crippen LogP contribution in [0.4, 0.5) is 0 Å². The summed E-state index contributed by atoms with van der Waals surface area (Å²) in [6.45, 7) is 4.66. The molecule has 0 aliphatic heterocycles. The highest BCUT2D eigenvalue weighted by molar-refractivity contribution is 9.10. The minimum Gasteiger partial charge on any atom is -0.481 e. The summed E-state index contributed by atoms with van der Waals surface area (Å²) < 4.78 is 8.09. The first-order valence-electron chi connectivity index (χ1n) is 5.31. The maximum atomic E-state index is 5.10. The fourth-order valence-corrected chi connectivity index (χ4v) is 1.93. The van der Waals surface area contributed by atoms with E-state index in [0.29, 0.717) is 12.4 Å². The van der Waals surface area contributed by atoms with Crippen LogP contribution in [-0.2, 0) is 6.54 Å². The van der Waals surface area contributed by atoms with Crippen molar-refractivity contribution in [2.24, 2.45) is 0 Å². The Morgan fingerprint density at radius 1 is 1.35 bits per heavy atom. The van der Waals surface area contributed by atoms with Gasteiger partial charge in [-0.05, 0) is 35.8 Å². The lowest BCUT2D eigenvalue weighted by atomic mass is 10.3. The Kier molecular flexibility index (Phi) is 3.47. The van der Waals surface area contributed by atoms with E-state index in [2.05, 4.69) is 26.0 Å². The largest absolute Gasteiger partial charge is 0.481 e. The molecule has 0 fully saturated rings. The Bertz CT molecular complexity index is 537. The zero-order chi connectivity index (χ0) is 12.4. The number of nitrogens with zero attached hydrogens (tertiary/aromatic N) is 3. The lowest BCUT2D eigenvalue weighted by Gasteiger charge is -2.05. The van der Waals surface area contributed by atoms with Crippen molar-refractivity contribution in [1.29, 1.82) is 0 Å². The molecule has 17 heavy (non-hydrogen) atoms. The molecular formula is C12H14BrN3O. The lowest BCUT2D eigenvalue weighted by Crippen LogP contribution is -2.06. The first-order chi connectivity index (χ1) is 8.11. The van der Waals surface area contributed by atoms with Gasteiger partial charge in [-0.1, -0.05) is 6.07 Å². The Labute approximate surface area is 109 Å². The highest BCUT2D eigenvalue weighted by atomic mass is 79.9. The van der Waals surface area contributed by atoms with Crippen molar-refractivity contribution in [2.45, 2.75) is 20.4 Å². The number of aromatic nitrogens is 3. The highest BCUT2D eigenvalue weighted by Crippen LogP contribution is 2.20. The van der Waals surface area contributed by atoms with E-state index in [0.717, 1.165) is 21.6 Å². The van der Waals surface area contributed by atoms with E-state index in [-0.39, 0.29) is 0 Å². The fraction of sp³-hybridized carbons (Fsp3) is 0.333. The molecule has 90 valence electrons. The first-order valence-corrected chi connectivity index (χ1v) is 6.10. The van der Waals surface area contributed by atoms with Crippen molar-refractivity contribution in [1.82, 2.24) is 14.8 Å². The molecule has 0 amide bonds. The molecule has 2 rings (SSSR count). The van der Waals surface area contributed by atoms with Gasteiger partial charge in [0.1, 0.15) is 0 Å². The molecule has 0 saturated carbocycles. The minimum atomic E-state index is 0.628. The van der Waals surface area contributed by atoms with Gasteiger partial charge in [0.25, 0.3) is 0 Å². The third-order valence-electron chi connectivity index (χ3n) is 2.60. The Balaban J connectivity index is 2.28. The molecule has 2 aromatic heterocycles. The van der Waals surface area contributed by atoms with Crippen LogP contribution >= 0.6 is 15.9 Å². The van der Waals surface area contributed by atoms with Crippen molar-refractivity contribution in [3.63, 3.8) is 0 Å². The van der Waals surface area contributed by atoms with Gasteiger partial charge in [0.2, 0.25) is 5.88 Å². The molecule has 0 aliphatic carbocycles. The van der Waals surface area contributed by atoms with Crippen LogP contribution in [-0.4, -0.2) is 21.9 Å². The van der Waals surface area contributed by atoms with Crippen LogP contribution in [0.5, 0.6) is 5.88 Å². The van der Waals surface area contributed by atoms with Gasteiger partial charge in [-0.15, -0.1) is 0 Å². The number of methoxy groups -OCH3 is 1. The second-order valence-electron chi connectivity index (χ2n) is 3.81. The summed E-state index contributed by atoms with van der Waals surface area (Å²) in [5, 5.41) is 4.45. The number of ether oxygens (including phenoxy) is 1. The van der Waals surface area contributed by atoms with Crippen LogP contribution in [0.2, 0.25) is 0 Å². The Morgan fingerprint density at radius 2 is 2.12 bits per heavy atom. The maximum Gasteiger partial charge on any atom is 0.213 e. The molecule has 0 bridgehead atoms. The summed E-state index contributed by atoms with van der Waals surface area (Å²) in [7, 11) is 1.62. The van der Waals surface area contributed by atoms with Gasteiger partial charge in [0.15, 0.2) is 0 Å². The third-order valence-corrected chi connectivity index (χ3v) is 3.74. The molecule has 5 heteroatoms. The number of halogens is 1. The summed E-state index contributed by atoms with van der Waals surface area (Å²) in [5.41, 5.74) is 3.03. The molecule has 0 aliphatic rings. The van der Waals surface area contributed by atoms with Crippen LogP contribution in [0.15, 0.2) is 22.7 Å². The number of hydrogen-bond donors (Lipinski definition) is 0. The van der Waals surface area contributed by atoms with Crippen molar-refractivity contribution >= 4 is 15.9 Å². The van der Waals surface area contributed by atoms with Crippen molar-refractivity contribution in [3.05, 3.63) is 39.8 Å². The van der Waals surface area contributed by atoms with Gasteiger partial charge in [0.05, 0.1) is 35.2 Å². The second-order valence-corrected chi connectivity index (χ2v) is 4.61. The predicted octanol–water partition coefficient (Wildman–Crippen LogP) is 2.71. The van der Waals surface area contributed by atoms with Crippen LogP contribution in [0, 0.1) is 13.8 Å². The van der Waals surface area contributed by atoms with E-state index in [9.17, 15) is 0 Å². The summed E-state index contributed by atoms with van der Waals surface area (Å²) in [4.78, 5) is 4.37. The molecule has 2 aromatic rings. The SMILES string of the molecule is COc1cccc(Cn2nc(C)c(Br)c2C)n1. The smallest absolute Gasteiger partial charge is 0.213 e. The normalized spacial score (nSPS) is 10.6.